The molecule has 0 aliphatic heterocycles. The van der Waals surface area contributed by atoms with Crippen LogP contribution in [0.4, 0.5) is 0 Å². The zero-order valence-electron chi connectivity index (χ0n) is 18.4. The maximum atomic E-state index is 11.6. The summed E-state index contributed by atoms with van der Waals surface area (Å²) in [6.45, 7) is 2.29. The molecule has 0 spiro atoms. The van der Waals surface area contributed by atoms with E-state index in [4.69, 9.17) is 14.5 Å². The van der Waals surface area contributed by atoms with Crippen LogP contribution in [0.2, 0.25) is 0 Å². The Labute approximate surface area is 180 Å². The molecule has 182 valence electrons. The molecular formula is C15H36N7O9+3. The molecule has 0 aliphatic carbocycles. The van der Waals surface area contributed by atoms with Crippen molar-refractivity contribution < 1.29 is 44.6 Å². The average Bonchev–Trinajstić information content (AvgIpc) is 2.73. The highest BCUT2D eigenvalue weighted by Gasteiger charge is 2.41. The summed E-state index contributed by atoms with van der Waals surface area (Å²) < 4.78 is 0. The second-order valence-electron chi connectivity index (χ2n) is 6.07. The minimum atomic E-state index is -0.388. The van der Waals surface area contributed by atoms with Crippen molar-refractivity contribution >= 4 is 0 Å². The monoisotopic (exact) mass is 458 g/mol. The first kappa shape index (κ1) is 28.4. The maximum Gasteiger partial charge on any atom is 0.505 e. The normalized spacial score (nSPS) is 10.5. The van der Waals surface area contributed by atoms with Gasteiger partial charge in [0, 0.05) is 14.8 Å². The smallest absolute Gasteiger partial charge is 0.320 e. The summed E-state index contributed by atoms with van der Waals surface area (Å²) in [6, 6.07) is 0. The molecule has 16 nitrogen and oxygen atoms in total. The van der Waals surface area contributed by atoms with Crippen LogP contribution in [0.25, 0.3) is 0 Å². The quantitative estimate of drug-likeness (QED) is 0.131. The fraction of sp³-hybridized carbons (Fsp3) is 1.00. The number of hydrogen-bond donors (Lipinski definition) is 3. The SMILES string of the molecule is CNCCCCO[N+](=O)ON(O[N+](=O)OCCCCNC)O[N+](=O)OCCCCNC. The van der Waals surface area contributed by atoms with Crippen molar-refractivity contribution in [3.05, 3.63) is 14.7 Å². The molecule has 0 atom stereocenters. The van der Waals surface area contributed by atoms with Gasteiger partial charge in [-0.05, 0) is 79.3 Å². The minimum absolute atomic E-state index is 0.0190. The first-order chi connectivity index (χ1) is 15.0. The number of rotatable bonds is 24. The summed E-state index contributed by atoms with van der Waals surface area (Å²) in [6.07, 6.45) is 3.93. The second-order valence-corrected chi connectivity index (χ2v) is 6.07. The molecule has 16 heteroatoms. The van der Waals surface area contributed by atoms with Gasteiger partial charge in [0.25, 0.3) is 0 Å². The van der Waals surface area contributed by atoms with Gasteiger partial charge in [-0.25, -0.2) is 0 Å². The van der Waals surface area contributed by atoms with Crippen molar-refractivity contribution in [3.8, 4) is 0 Å². The predicted molar refractivity (Wildman–Crippen MR) is 103 cm³/mol. The summed E-state index contributed by atoms with van der Waals surface area (Å²) in [7, 11) is 5.39. The molecule has 0 aromatic rings. The first-order valence-electron chi connectivity index (χ1n) is 10.1. The van der Waals surface area contributed by atoms with Crippen molar-refractivity contribution in [2.75, 3.05) is 60.6 Å². The van der Waals surface area contributed by atoms with E-state index in [0.29, 0.717) is 19.3 Å². The van der Waals surface area contributed by atoms with Crippen LogP contribution in [0.5, 0.6) is 0 Å². The Kier molecular flexibility index (Phi) is 19.0. The van der Waals surface area contributed by atoms with Gasteiger partial charge in [-0.1, -0.05) is 0 Å². The summed E-state index contributed by atoms with van der Waals surface area (Å²) in [5.41, 5.74) is 0. The van der Waals surface area contributed by atoms with Gasteiger partial charge >= 0.3 is 20.6 Å². The van der Waals surface area contributed by atoms with Gasteiger partial charge < -0.3 is 16.0 Å². The summed E-state index contributed by atoms with van der Waals surface area (Å²) in [4.78, 5) is 62.4. The van der Waals surface area contributed by atoms with Crippen LogP contribution in [-0.4, -0.2) is 81.2 Å². The molecule has 0 radical (unpaired) electrons. The van der Waals surface area contributed by atoms with E-state index in [-0.39, 0.29) is 40.5 Å². The van der Waals surface area contributed by atoms with E-state index < -0.39 is 0 Å². The zero-order valence-corrected chi connectivity index (χ0v) is 18.4. The third kappa shape index (κ3) is 19.2. The first-order valence-corrected chi connectivity index (χ1v) is 10.1. The van der Waals surface area contributed by atoms with Gasteiger partial charge in [-0.3, -0.25) is 0 Å². The van der Waals surface area contributed by atoms with E-state index in [1.165, 1.54) is 0 Å². The lowest BCUT2D eigenvalue weighted by Crippen LogP contribution is -2.36. The number of nitrogens with one attached hydrogen (secondary N) is 3. The largest absolute Gasteiger partial charge is 0.505 e. The van der Waals surface area contributed by atoms with Crippen molar-refractivity contribution in [1.29, 1.82) is 0 Å². The third-order valence-corrected chi connectivity index (χ3v) is 3.45. The predicted octanol–water partition coefficient (Wildman–Crippen LogP) is -0.0415. The van der Waals surface area contributed by atoms with Gasteiger partial charge in [0.2, 0.25) is 0 Å². The molecule has 0 saturated heterocycles. The maximum absolute atomic E-state index is 11.6. The van der Waals surface area contributed by atoms with Crippen LogP contribution in [0.15, 0.2) is 0 Å². The highest BCUT2D eigenvalue weighted by atomic mass is 17.4. The summed E-state index contributed by atoms with van der Waals surface area (Å²) >= 11 is 0. The van der Waals surface area contributed by atoms with E-state index in [2.05, 4.69) is 30.8 Å². The van der Waals surface area contributed by atoms with Gasteiger partial charge in [0.1, 0.15) is 14.7 Å². The van der Waals surface area contributed by atoms with Crippen molar-refractivity contribution in [2.24, 2.45) is 0 Å². The lowest BCUT2D eigenvalue weighted by atomic mass is 10.3. The second kappa shape index (κ2) is 20.7. The molecule has 0 heterocycles. The molecular weight excluding hydrogens is 422 g/mol. The minimum Gasteiger partial charge on any atom is -0.320 e. The van der Waals surface area contributed by atoms with Gasteiger partial charge in [0.15, 0.2) is 19.8 Å². The van der Waals surface area contributed by atoms with E-state index in [1.807, 2.05) is 0 Å². The van der Waals surface area contributed by atoms with Crippen LogP contribution in [0, 0.1) is 14.7 Å². The lowest BCUT2D eigenvalue weighted by Gasteiger charge is -2.00. The van der Waals surface area contributed by atoms with E-state index >= 15 is 0 Å². The molecule has 0 aromatic heterocycles. The van der Waals surface area contributed by atoms with Crippen LogP contribution in [0.1, 0.15) is 38.5 Å². The van der Waals surface area contributed by atoms with Crippen molar-refractivity contribution in [3.63, 3.8) is 0 Å². The molecule has 3 N–H and O–H groups in total. The van der Waals surface area contributed by atoms with Crippen LogP contribution < -0.4 is 16.0 Å². The molecule has 0 rings (SSSR count). The van der Waals surface area contributed by atoms with Crippen LogP contribution in [0.3, 0.4) is 0 Å². The number of nitrogens with zero attached hydrogens (tertiary/aromatic N) is 4. The Hall–Kier alpha value is -2.56. The third-order valence-electron chi connectivity index (χ3n) is 3.45. The molecule has 0 aromatic carbocycles. The summed E-state index contributed by atoms with van der Waals surface area (Å²) in [5, 5.41) is 7.46. The molecule has 0 saturated carbocycles. The van der Waals surface area contributed by atoms with Gasteiger partial charge in [-0.15, -0.1) is 0 Å². The number of unbranched alkanes of at least 4 members (excludes halogenated alkanes) is 3. The fourth-order valence-corrected chi connectivity index (χ4v) is 1.91. The van der Waals surface area contributed by atoms with E-state index in [0.717, 1.165) is 38.9 Å². The van der Waals surface area contributed by atoms with Crippen molar-refractivity contribution in [1.82, 2.24) is 21.3 Å². The van der Waals surface area contributed by atoms with Gasteiger partial charge in [0.05, 0.1) is 0 Å². The highest BCUT2D eigenvalue weighted by Crippen LogP contribution is 2.01. The summed E-state index contributed by atoms with van der Waals surface area (Å²) in [5.74, 6) is 0. The molecule has 0 unspecified atom stereocenters. The Morgan fingerprint density at radius 1 is 0.548 bits per heavy atom. The molecule has 0 amide bonds. The Morgan fingerprint density at radius 3 is 1.10 bits per heavy atom. The topological polar surface area (TPSA) is 155 Å². The van der Waals surface area contributed by atoms with Crippen molar-refractivity contribution in [2.45, 2.75) is 38.5 Å². The van der Waals surface area contributed by atoms with Gasteiger partial charge in [-0.2, -0.15) is 14.5 Å². The number of hydrogen-bond acceptors (Lipinski definition) is 13. The molecule has 0 fully saturated rings. The average molecular weight is 458 g/mol. The highest BCUT2D eigenvalue weighted by molar-refractivity contribution is 4.40. The van der Waals surface area contributed by atoms with E-state index in [9.17, 15) is 14.7 Å². The van der Waals surface area contributed by atoms with Crippen LogP contribution >= 0.6 is 0 Å². The molecule has 0 aliphatic rings. The van der Waals surface area contributed by atoms with Crippen LogP contribution in [-0.2, 0) is 29.3 Å². The molecule has 31 heavy (non-hydrogen) atoms. The Balaban J connectivity index is 4.43. The Bertz CT molecular complexity index is 421. The fourth-order valence-electron chi connectivity index (χ4n) is 1.91. The Morgan fingerprint density at radius 2 is 0.839 bits per heavy atom. The standard InChI is InChI=1S/C15H36N7O9/c1-16-10-4-7-13-26-19(23)29-22(30-20(24)27-14-8-5-11-17-2)31-21(25)28-15-9-6-12-18-3/h16-18H,4-15H2,1-3H3/q+3. The zero-order chi connectivity index (χ0) is 23.2. The molecule has 0 bridgehead atoms. The van der Waals surface area contributed by atoms with E-state index in [1.54, 1.807) is 21.1 Å². The lowest BCUT2D eigenvalue weighted by molar-refractivity contribution is -1.16.